The van der Waals surface area contributed by atoms with Gasteiger partial charge in [0.1, 0.15) is 5.82 Å². The van der Waals surface area contributed by atoms with Gasteiger partial charge in [0.25, 0.3) is 0 Å². The third-order valence-corrected chi connectivity index (χ3v) is 3.12. The minimum atomic E-state index is -4.84. The highest BCUT2D eigenvalue weighted by atomic mass is 35.5. The number of hydrogen-bond donors (Lipinski definition) is 1. The average Bonchev–Trinajstić information content (AvgIpc) is 2.40. The summed E-state index contributed by atoms with van der Waals surface area (Å²) < 4.78 is 51.9. The summed E-state index contributed by atoms with van der Waals surface area (Å²) in [6.45, 7) is 0. The molecule has 2 aromatic rings. The van der Waals surface area contributed by atoms with E-state index < -0.39 is 29.1 Å². The van der Waals surface area contributed by atoms with E-state index in [0.29, 0.717) is 6.07 Å². The molecule has 21 heavy (non-hydrogen) atoms. The van der Waals surface area contributed by atoms with Crippen molar-refractivity contribution in [3.8, 4) is 11.1 Å². The van der Waals surface area contributed by atoms with Gasteiger partial charge in [-0.15, -0.1) is 0 Å². The molecule has 0 aliphatic rings. The number of carbonyl (C=O) groups is 1. The van der Waals surface area contributed by atoms with Crippen LogP contribution in [0.25, 0.3) is 11.1 Å². The second kappa shape index (κ2) is 5.37. The van der Waals surface area contributed by atoms with E-state index in [4.69, 9.17) is 16.7 Å². The lowest BCUT2D eigenvalue weighted by molar-refractivity contribution is -0.138. The summed E-state index contributed by atoms with van der Waals surface area (Å²) in [7, 11) is 0. The zero-order valence-corrected chi connectivity index (χ0v) is 11.0. The van der Waals surface area contributed by atoms with Crippen molar-refractivity contribution in [3.63, 3.8) is 0 Å². The average molecular weight is 319 g/mol. The fourth-order valence-electron chi connectivity index (χ4n) is 1.85. The zero-order valence-electron chi connectivity index (χ0n) is 10.2. The van der Waals surface area contributed by atoms with Crippen molar-refractivity contribution in [1.29, 1.82) is 0 Å². The van der Waals surface area contributed by atoms with Gasteiger partial charge in [0, 0.05) is 10.6 Å². The minimum Gasteiger partial charge on any atom is -0.478 e. The number of benzene rings is 2. The van der Waals surface area contributed by atoms with Crippen LogP contribution in [0.4, 0.5) is 17.6 Å². The maximum absolute atomic E-state index is 13.2. The fraction of sp³-hybridized carbons (Fsp3) is 0.0714. The van der Waals surface area contributed by atoms with Crippen molar-refractivity contribution in [1.82, 2.24) is 0 Å². The Balaban J connectivity index is 2.67. The molecule has 0 aliphatic heterocycles. The summed E-state index contributed by atoms with van der Waals surface area (Å²) in [5, 5.41) is 8.87. The van der Waals surface area contributed by atoms with Gasteiger partial charge in [-0.05, 0) is 35.9 Å². The van der Waals surface area contributed by atoms with Gasteiger partial charge in [0.05, 0.1) is 11.1 Å². The first-order valence-electron chi connectivity index (χ1n) is 5.60. The van der Waals surface area contributed by atoms with Crippen LogP contribution in [-0.4, -0.2) is 11.1 Å². The summed E-state index contributed by atoms with van der Waals surface area (Å²) in [5.41, 5.74) is -2.15. The third kappa shape index (κ3) is 3.16. The Morgan fingerprint density at radius 3 is 2.33 bits per heavy atom. The lowest BCUT2D eigenvalue weighted by Crippen LogP contribution is -2.13. The Labute approximate surface area is 121 Å². The molecule has 110 valence electrons. The van der Waals surface area contributed by atoms with Gasteiger partial charge in [-0.25, -0.2) is 9.18 Å². The van der Waals surface area contributed by atoms with Crippen LogP contribution < -0.4 is 0 Å². The molecule has 0 spiro atoms. The Morgan fingerprint density at radius 1 is 1.10 bits per heavy atom. The topological polar surface area (TPSA) is 37.3 Å². The summed E-state index contributed by atoms with van der Waals surface area (Å²) in [4.78, 5) is 10.9. The van der Waals surface area contributed by atoms with Crippen LogP contribution in [-0.2, 0) is 6.18 Å². The van der Waals surface area contributed by atoms with Crippen molar-refractivity contribution < 1.29 is 27.5 Å². The quantitative estimate of drug-likeness (QED) is 0.803. The third-order valence-electron chi connectivity index (χ3n) is 2.79. The molecule has 0 radical (unpaired) electrons. The molecule has 0 unspecified atom stereocenters. The van der Waals surface area contributed by atoms with Gasteiger partial charge < -0.3 is 5.11 Å². The van der Waals surface area contributed by atoms with Gasteiger partial charge in [-0.3, -0.25) is 0 Å². The van der Waals surface area contributed by atoms with E-state index in [1.54, 1.807) is 0 Å². The lowest BCUT2D eigenvalue weighted by atomic mass is 9.98. The molecule has 1 N–H and O–H groups in total. The van der Waals surface area contributed by atoms with E-state index in [1.165, 1.54) is 6.07 Å². The van der Waals surface area contributed by atoms with Crippen molar-refractivity contribution in [3.05, 3.63) is 58.4 Å². The van der Waals surface area contributed by atoms with Crippen LogP contribution in [0.2, 0.25) is 5.02 Å². The second-order valence-electron chi connectivity index (χ2n) is 4.19. The van der Waals surface area contributed by atoms with Gasteiger partial charge in [0.2, 0.25) is 0 Å². The van der Waals surface area contributed by atoms with Crippen LogP contribution in [0.3, 0.4) is 0 Å². The first-order chi connectivity index (χ1) is 9.70. The summed E-state index contributed by atoms with van der Waals surface area (Å²) >= 11 is 5.84. The van der Waals surface area contributed by atoms with Crippen LogP contribution in [0.1, 0.15) is 15.9 Å². The molecule has 0 heterocycles. The monoisotopic (exact) mass is 318 g/mol. The van der Waals surface area contributed by atoms with E-state index in [-0.39, 0.29) is 16.1 Å². The Bertz CT molecular complexity index is 711. The number of alkyl halides is 3. The predicted octanol–water partition coefficient (Wildman–Crippen LogP) is 4.86. The smallest absolute Gasteiger partial charge is 0.417 e. The van der Waals surface area contributed by atoms with Crippen molar-refractivity contribution >= 4 is 17.6 Å². The predicted molar refractivity (Wildman–Crippen MR) is 68.8 cm³/mol. The minimum absolute atomic E-state index is 0.0168. The number of halogens is 5. The molecule has 2 aromatic carbocycles. The first kappa shape index (κ1) is 15.3. The van der Waals surface area contributed by atoms with Crippen molar-refractivity contribution in [2.45, 2.75) is 6.18 Å². The highest BCUT2D eigenvalue weighted by Crippen LogP contribution is 2.36. The lowest BCUT2D eigenvalue weighted by Gasteiger charge is -2.13. The zero-order chi connectivity index (χ0) is 15.8. The molecule has 0 amide bonds. The molecule has 0 aliphatic carbocycles. The number of rotatable bonds is 2. The fourth-order valence-corrected chi connectivity index (χ4v) is 2.08. The number of carboxylic acid groups (broad SMARTS) is 1. The largest absolute Gasteiger partial charge is 0.478 e. The number of carboxylic acids is 1. The van der Waals surface area contributed by atoms with Crippen LogP contribution in [0, 0.1) is 5.82 Å². The highest BCUT2D eigenvalue weighted by molar-refractivity contribution is 6.33. The molecule has 2 rings (SSSR count). The number of hydrogen-bond acceptors (Lipinski definition) is 1. The van der Waals surface area contributed by atoms with Gasteiger partial charge in [0.15, 0.2) is 0 Å². The summed E-state index contributed by atoms with van der Waals surface area (Å²) in [5.74, 6) is -2.36. The normalized spacial score (nSPS) is 11.5. The SMILES string of the molecule is O=C(O)c1ccc(-c2cc(F)ccc2Cl)cc1C(F)(F)F. The van der Waals surface area contributed by atoms with E-state index in [0.717, 1.165) is 24.3 Å². The standard InChI is InChI=1S/C14H7ClF4O2/c15-12-4-2-8(16)6-10(12)7-1-3-9(13(20)21)11(5-7)14(17,18)19/h1-6H,(H,20,21). The Hall–Kier alpha value is -2.08. The highest BCUT2D eigenvalue weighted by Gasteiger charge is 2.35. The van der Waals surface area contributed by atoms with Gasteiger partial charge in [-0.2, -0.15) is 13.2 Å². The molecule has 0 saturated heterocycles. The second-order valence-corrected chi connectivity index (χ2v) is 4.59. The molecule has 0 atom stereocenters. The molecule has 0 saturated carbocycles. The van der Waals surface area contributed by atoms with Crippen molar-refractivity contribution in [2.24, 2.45) is 0 Å². The molecule has 0 fully saturated rings. The molecule has 0 bridgehead atoms. The van der Waals surface area contributed by atoms with Crippen LogP contribution in [0.15, 0.2) is 36.4 Å². The van der Waals surface area contributed by atoms with E-state index >= 15 is 0 Å². The first-order valence-corrected chi connectivity index (χ1v) is 5.98. The molecule has 7 heteroatoms. The molecule has 2 nitrogen and oxygen atoms in total. The van der Waals surface area contributed by atoms with E-state index in [9.17, 15) is 22.4 Å². The van der Waals surface area contributed by atoms with Gasteiger partial charge in [-0.1, -0.05) is 17.7 Å². The van der Waals surface area contributed by atoms with Gasteiger partial charge >= 0.3 is 12.1 Å². The summed E-state index contributed by atoms with van der Waals surface area (Å²) in [6.07, 6.45) is -4.84. The molecular formula is C14H7ClF4O2. The molecule has 0 aromatic heterocycles. The molecular weight excluding hydrogens is 312 g/mol. The number of aromatic carboxylic acids is 1. The van der Waals surface area contributed by atoms with Crippen LogP contribution in [0.5, 0.6) is 0 Å². The maximum atomic E-state index is 13.2. The van der Waals surface area contributed by atoms with Crippen molar-refractivity contribution in [2.75, 3.05) is 0 Å². The summed E-state index contributed by atoms with van der Waals surface area (Å²) in [6, 6.07) is 5.89. The van der Waals surface area contributed by atoms with E-state index in [2.05, 4.69) is 0 Å². The maximum Gasteiger partial charge on any atom is 0.417 e. The Morgan fingerprint density at radius 2 is 1.76 bits per heavy atom. The van der Waals surface area contributed by atoms with E-state index in [1.807, 2.05) is 0 Å². The Kier molecular flexibility index (Phi) is 3.91. The van der Waals surface area contributed by atoms with Crippen LogP contribution >= 0.6 is 11.6 Å².